The zero-order valence-corrected chi connectivity index (χ0v) is 21.9. The van der Waals surface area contributed by atoms with Crippen LogP contribution in [-0.4, -0.2) is 37.3 Å². The van der Waals surface area contributed by atoms with Gasteiger partial charge in [0.15, 0.2) is 5.84 Å². The van der Waals surface area contributed by atoms with Gasteiger partial charge in [-0.15, -0.1) is 5.11 Å². The van der Waals surface area contributed by atoms with E-state index < -0.39 is 17.3 Å². The number of Topliss-reactive ketones (excluding diaryl/α,β-unsaturated/α-hetero) is 1. The van der Waals surface area contributed by atoms with Crippen molar-refractivity contribution in [3.8, 4) is 0 Å². The fourth-order valence-electron chi connectivity index (χ4n) is 4.28. The third-order valence-electron chi connectivity index (χ3n) is 6.53. The molecule has 0 spiro atoms. The van der Waals surface area contributed by atoms with Gasteiger partial charge in [0, 0.05) is 22.4 Å². The Morgan fingerprint density at radius 1 is 1.11 bits per heavy atom. The molecule has 3 rings (SSSR count). The summed E-state index contributed by atoms with van der Waals surface area (Å²) in [5.41, 5.74) is 2.26. The molecule has 0 aromatic heterocycles. The minimum absolute atomic E-state index is 0.0627. The van der Waals surface area contributed by atoms with Gasteiger partial charge in [0.25, 0.3) is 0 Å². The average molecular weight is 496 g/mol. The van der Waals surface area contributed by atoms with E-state index in [1.807, 2.05) is 38.1 Å². The van der Waals surface area contributed by atoms with Crippen LogP contribution in [0.2, 0.25) is 5.02 Å². The van der Waals surface area contributed by atoms with Crippen molar-refractivity contribution in [1.29, 1.82) is 0 Å². The van der Waals surface area contributed by atoms with Crippen molar-refractivity contribution in [3.05, 3.63) is 70.2 Å². The van der Waals surface area contributed by atoms with Gasteiger partial charge in [0.05, 0.1) is 25.6 Å². The number of halogens is 1. The molecule has 0 bridgehead atoms. The van der Waals surface area contributed by atoms with Crippen LogP contribution in [-0.2, 0) is 14.3 Å². The minimum Gasteiger partial charge on any atom is -0.469 e. The molecule has 1 aliphatic heterocycles. The molecule has 0 N–H and O–H groups in total. The highest BCUT2D eigenvalue weighted by Crippen LogP contribution is 2.33. The number of hydrogen-bond donors (Lipinski definition) is 0. The van der Waals surface area contributed by atoms with Crippen molar-refractivity contribution in [2.24, 2.45) is 20.6 Å². The highest BCUT2D eigenvalue weighted by molar-refractivity contribution is 6.31. The van der Waals surface area contributed by atoms with E-state index in [9.17, 15) is 9.59 Å². The normalized spacial score (nSPS) is 16.7. The number of carbonyl (C=O) groups is 2. The van der Waals surface area contributed by atoms with Crippen molar-refractivity contribution in [1.82, 2.24) is 0 Å². The Hall–Kier alpha value is -2.86. The molecule has 0 amide bonds. The Balaban J connectivity index is 1.59. The van der Waals surface area contributed by atoms with Crippen LogP contribution in [0.5, 0.6) is 0 Å². The van der Waals surface area contributed by atoms with Gasteiger partial charge in [-0.05, 0) is 36.0 Å². The summed E-state index contributed by atoms with van der Waals surface area (Å²) in [4.78, 5) is 30.2. The fraction of sp³-hybridized carbons (Fsp3) is 0.464. The largest absolute Gasteiger partial charge is 0.469 e. The van der Waals surface area contributed by atoms with E-state index in [1.54, 1.807) is 12.1 Å². The van der Waals surface area contributed by atoms with E-state index in [0.29, 0.717) is 41.7 Å². The van der Waals surface area contributed by atoms with Gasteiger partial charge in [-0.3, -0.25) is 14.6 Å². The molecule has 186 valence electrons. The molecule has 6 nitrogen and oxygen atoms in total. The maximum Gasteiger partial charge on any atom is 0.313 e. The van der Waals surface area contributed by atoms with Crippen molar-refractivity contribution < 1.29 is 14.3 Å². The van der Waals surface area contributed by atoms with Gasteiger partial charge in [-0.25, -0.2) is 0 Å². The standard InChI is InChI=1S/C28H34ClN3O3/c1-18(2)19-10-12-20(13-11-19)26-30-17-21(31-32-26)16-28(3,4)25(33)15-14-23(27(34)35-5)22-8-6-7-9-24(22)29/h6-13,18,21,23H,14-17H2,1-5H3. The first-order chi connectivity index (χ1) is 16.6. The topological polar surface area (TPSA) is 80.5 Å². The van der Waals surface area contributed by atoms with E-state index in [-0.39, 0.29) is 18.2 Å². The number of ketones is 1. The molecule has 2 unspecified atom stereocenters. The average Bonchev–Trinajstić information content (AvgIpc) is 2.85. The molecule has 1 heterocycles. The summed E-state index contributed by atoms with van der Waals surface area (Å²) in [7, 11) is 1.35. The van der Waals surface area contributed by atoms with Crippen LogP contribution in [0, 0.1) is 5.41 Å². The first-order valence-electron chi connectivity index (χ1n) is 12.0. The lowest BCUT2D eigenvalue weighted by Crippen LogP contribution is -2.31. The van der Waals surface area contributed by atoms with Crippen LogP contribution in [0.4, 0.5) is 0 Å². The van der Waals surface area contributed by atoms with Crippen LogP contribution in [0.1, 0.15) is 75.5 Å². The number of carbonyl (C=O) groups excluding carboxylic acids is 2. The predicted molar refractivity (Wildman–Crippen MR) is 139 cm³/mol. The van der Waals surface area contributed by atoms with Crippen LogP contribution in [0.25, 0.3) is 0 Å². The van der Waals surface area contributed by atoms with Gasteiger partial charge < -0.3 is 4.74 Å². The Morgan fingerprint density at radius 3 is 2.37 bits per heavy atom. The first-order valence-corrected chi connectivity index (χ1v) is 12.4. The number of aliphatic imine (C=N–C) groups is 1. The van der Waals surface area contributed by atoms with Crippen LogP contribution in [0.3, 0.4) is 0 Å². The molecule has 0 aliphatic carbocycles. The quantitative estimate of drug-likeness (QED) is 0.341. The summed E-state index contributed by atoms with van der Waals surface area (Å²) in [6.07, 6.45) is 1.10. The summed E-state index contributed by atoms with van der Waals surface area (Å²) in [5, 5.41) is 9.29. The van der Waals surface area contributed by atoms with Crippen molar-refractivity contribution in [2.45, 2.75) is 64.8 Å². The smallest absolute Gasteiger partial charge is 0.313 e. The summed E-state index contributed by atoms with van der Waals surface area (Å²) < 4.78 is 4.97. The van der Waals surface area contributed by atoms with Gasteiger partial charge >= 0.3 is 5.97 Å². The molecule has 35 heavy (non-hydrogen) atoms. The van der Waals surface area contributed by atoms with E-state index in [0.717, 1.165) is 5.56 Å². The highest BCUT2D eigenvalue weighted by Gasteiger charge is 2.33. The van der Waals surface area contributed by atoms with E-state index >= 15 is 0 Å². The Morgan fingerprint density at radius 2 is 1.80 bits per heavy atom. The molecule has 0 saturated carbocycles. The molecule has 0 saturated heterocycles. The monoisotopic (exact) mass is 495 g/mol. The van der Waals surface area contributed by atoms with Crippen molar-refractivity contribution >= 4 is 29.2 Å². The van der Waals surface area contributed by atoms with E-state index in [2.05, 4.69) is 41.2 Å². The molecular formula is C28H34ClN3O3. The van der Waals surface area contributed by atoms with Gasteiger partial charge in [0.2, 0.25) is 0 Å². The Labute approximate surface area is 212 Å². The molecule has 7 heteroatoms. The number of azo groups is 1. The maximum absolute atomic E-state index is 13.1. The number of amidine groups is 1. The molecule has 2 aromatic carbocycles. The lowest BCUT2D eigenvalue weighted by molar-refractivity contribution is -0.142. The molecule has 0 radical (unpaired) electrons. The van der Waals surface area contributed by atoms with Crippen LogP contribution in [0.15, 0.2) is 63.8 Å². The Kier molecular flexibility index (Phi) is 8.95. The number of esters is 1. The molecule has 2 atom stereocenters. The Bertz CT molecular complexity index is 1110. The number of hydrogen-bond acceptors (Lipinski definition) is 6. The van der Waals surface area contributed by atoms with E-state index in [1.165, 1.54) is 12.7 Å². The maximum atomic E-state index is 13.1. The second-order valence-electron chi connectivity index (χ2n) is 9.96. The molecule has 1 aliphatic rings. The summed E-state index contributed by atoms with van der Waals surface area (Å²) in [5.74, 6) is 0.176. The second-order valence-corrected chi connectivity index (χ2v) is 10.4. The van der Waals surface area contributed by atoms with Crippen molar-refractivity contribution in [2.75, 3.05) is 13.7 Å². The fourth-order valence-corrected chi connectivity index (χ4v) is 4.55. The zero-order valence-electron chi connectivity index (χ0n) is 21.1. The second kappa shape index (κ2) is 11.7. The zero-order chi connectivity index (χ0) is 25.6. The third kappa shape index (κ3) is 6.85. The third-order valence-corrected chi connectivity index (χ3v) is 6.87. The van der Waals surface area contributed by atoms with E-state index in [4.69, 9.17) is 16.3 Å². The number of ether oxygens (including phenoxy) is 1. The van der Waals surface area contributed by atoms with Gasteiger partial charge in [-0.2, -0.15) is 5.11 Å². The molecule has 0 fully saturated rings. The SMILES string of the molecule is COC(=O)C(CCC(=O)C(C)(C)CC1CN=C(c2ccc(C(C)C)cc2)N=N1)c1ccccc1Cl. The number of benzene rings is 2. The molecule has 2 aromatic rings. The summed E-state index contributed by atoms with van der Waals surface area (Å²) in [6, 6.07) is 15.2. The number of nitrogens with zero attached hydrogens (tertiary/aromatic N) is 3. The lowest BCUT2D eigenvalue weighted by Gasteiger charge is -2.27. The predicted octanol–water partition coefficient (Wildman–Crippen LogP) is 6.77. The van der Waals surface area contributed by atoms with Gasteiger partial charge in [0.1, 0.15) is 5.78 Å². The van der Waals surface area contributed by atoms with Gasteiger partial charge in [-0.1, -0.05) is 81.8 Å². The molecular weight excluding hydrogens is 462 g/mol. The number of rotatable bonds is 10. The first kappa shape index (κ1) is 26.7. The summed E-state index contributed by atoms with van der Waals surface area (Å²) in [6.45, 7) is 8.64. The number of methoxy groups -OCH3 is 1. The highest BCUT2D eigenvalue weighted by atomic mass is 35.5. The van der Waals surface area contributed by atoms with Crippen LogP contribution >= 0.6 is 11.6 Å². The minimum atomic E-state index is -0.628. The lowest BCUT2D eigenvalue weighted by atomic mass is 9.78. The van der Waals surface area contributed by atoms with Crippen molar-refractivity contribution in [3.63, 3.8) is 0 Å². The summed E-state index contributed by atoms with van der Waals surface area (Å²) >= 11 is 6.30. The van der Waals surface area contributed by atoms with Crippen LogP contribution < -0.4 is 0 Å².